The van der Waals surface area contributed by atoms with E-state index in [1.54, 1.807) is 60.7 Å². The van der Waals surface area contributed by atoms with Crippen molar-refractivity contribution >= 4 is 18.7 Å². The maximum atomic E-state index is 14.0. The van der Waals surface area contributed by atoms with Crippen molar-refractivity contribution < 1.29 is 52.7 Å². The van der Waals surface area contributed by atoms with Gasteiger partial charge in [0.05, 0.1) is 22.3 Å². The van der Waals surface area contributed by atoms with E-state index in [1.807, 2.05) is 0 Å². The molecular weight excluding hydrogens is 657 g/mol. The molecule has 14 heteroatoms. The Morgan fingerprint density at radius 2 is 0.696 bits per heavy atom. The molecule has 0 heterocycles. The highest BCUT2D eigenvalue weighted by Crippen LogP contribution is 2.52. The van der Waals surface area contributed by atoms with Gasteiger partial charge in [-0.2, -0.15) is 52.7 Å². The Bertz CT molecular complexity index is 1440. The lowest BCUT2D eigenvalue weighted by Crippen LogP contribution is -2.35. The molecule has 1 nitrogen and oxygen atoms in total. The zero-order chi connectivity index (χ0) is 34.2. The molecule has 4 rings (SSSR count). The largest absolute Gasteiger partial charge is 0.416 e. The van der Waals surface area contributed by atoms with Crippen LogP contribution in [0.4, 0.5) is 52.7 Å². The number of halogens is 12. The second-order valence-electron chi connectivity index (χ2n) is 10.4. The molecule has 4 aromatic carbocycles. The smallest absolute Gasteiger partial charge is 0.261 e. The monoisotopic (exact) mass is 681 g/mol. The Morgan fingerprint density at radius 1 is 0.435 bits per heavy atom. The molecule has 0 unspecified atom stereocenters. The summed E-state index contributed by atoms with van der Waals surface area (Å²) in [6.07, 6.45) is -21.3. The van der Waals surface area contributed by atoms with Crippen LogP contribution in [-0.4, -0.2) is 4.67 Å². The zero-order valence-electron chi connectivity index (χ0n) is 23.8. The van der Waals surface area contributed by atoms with Gasteiger partial charge in [0.2, 0.25) is 0 Å². The van der Waals surface area contributed by atoms with Gasteiger partial charge >= 0.3 is 24.7 Å². The van der Waals surface area contributed by atoms with E-state index in [-0.39, 0.29) is 12.1 Å². The van der Waals surface area contributed by atoms with Crippen LogP contribution in [0.1, 0.15) is 59.3 Å². The molecule has 0 fully saturated rings. The minimum absolute atomic E-state index is 0.143. The van der Waals surface area contributed by atoms with Gasteiger partial charge in [-0.1, -0.05) is 60.7 Å². The summed E-state index contributed by atoms with van der Waals surface area (Å²) < 4.78 is 170. The summed E-state index contributed by atoms with van der Waals surface area (Å²) in [6, 6.07) is 15.3. The van der Waals surface area contributed by atoms with Crippen molar-refractivity contribution in [2.75, 3.05) is 0 Å². The lowest BCUT2D eigenvalue weighted by molar-refractivity contribution is -0.144. The minimum atomic E-state index is -5.33. The molecule has 0 aliphatic rings. The van der Waals surface area contributed by atoms with Gasteiger partial charge in [-0.25, -0.2) is 0 Å². The summed E-state index contributed by atoms with van der Waals surface area (Å²) >= 11 is 0. The molecule has 0 saturated heterocycles. The Hall–Kier alpha value is -3.57. The lowest BCUT2D eigenvalue weighted by atomic mass is 10.0. The van der Waals surface area contributed by atoms with E-state index >= 15 is 0 Å². The fourth-order valence-electron chi connectivity index (χ4n) is 4.99. The van der Waals surface area contributed by atoms with Gasteiger partial charge in [0.25, 0.3) is 0 Å². The SMILES string of the molecule is C[C@@H](c1ccccc1)N([C@@H](C)c1ccccc1)P(c1cc(C(F)(F)F)cc(C(F)(F)F)c1)c1cc(C(F)(F)F)cc(C(F)(F)F)c1. The third-order valence-corrected chi connectivity index (χ3v) is 9.87. The van der Waals surface area contributed by atoms with Crippen LogP contribution in [0.2, 0.25) is 0 Å². The van der Waals surface area contributed by atoms with Crippen LogP contribution in [0.25, 0.3) is 0 Å². The van der Waals surface area contributed by atoms with E-state index in [0.29, 0.717) is 35.4 Å². The van der Waals surface area contributed by atoms with Gasteiger partial charge < -0.3 is 0 Å². The summed E-state index contributed by atoms with van der Waals surface area (Å²) in [5.74, 6) is 0. The first-order chi connectivity index (χ1) is 21.2. The summed E-state index contributed by atoms with van der Waals surface area (Å²) in [5.41, 5.74) is -6.10. The summed E-state index contributed by atoms with van der Waals surface area (Å²) in [5, 5.41) is -1.48. The number of hydrogen-bond donors (Lipinski definition) is 0. The number of alkyl halides is 12. The van der Waals surface area contributed by atoms with Gasteiger partial charge in [-0.3, -0.25) is 4.67 Å². The van der Waals surface area contributed by atoms with Crippen LogP contribution in [0.3, 0.4) is 0 Å². The maximum Gasteiger partial charge on any atom is 0.416 e. The van der Waals surface area contributed by atoms with Crippen LogP contribution in [0.15, 0.2) is 97.1 Å². The normalized spacial score (nSPS) is 14.5. The molecule has 0 saturated carbocycles. The fraction of sp³-hybridized carbons (Fsp3) is 0.250. The van der Waals surface area contributed by atoms with E-state index in [9.17, 15) is 52.7 Å². The van der Waals surface area contributed by atoms with Crippen LogP contribution >= 0.6 is 8.07 Å². The number of benzene rings is 4. The molecule has 0 spiro atoms. The summed E-state index contributed by atoms with van der Waals surface area (Å²) in [4.78, 5) is 0. The molecule has 4 aromatic rings. The first kappa shape index (κ1) is 35.3. The molecule has 246 valence electrons. The van der Waals surface area contributed by atoms with Crippen molar-refractivity contribution in [3.05, 3.63) is 130 Å². The highest BCUT2D eigenvalue weighted by atomic mass is 31.1. The predicted molar refractivity (Wildman–Crippen MR) is 151 cm³/mol. The maximum absolute atomic E-state index is 14.0. The van der Waals surface area contributed by atoms with Crippen molar-refractivity contribution in [3.63, 3.8) is 0 Å². The molecule has 0 aromatic heterocycles. The van der Waals surface area contributed by atoms with Gasteiger partial charge in [0, 0.05) is 20.2 Å². The molecular formula is C32H24F12NP. The van der Waals surface area contributed by atoms with Crippen molar-refractivity contribution in [1.82, 2.24) is 4.67 Å². The molecule has 0 bridgehead atoms. The molecule has 2 atom stereocenters. The molecule has 0 aliphatic heterocycles. The minimum Gasteiger partial charge on any atom is -0.261 e. The Kier molecular flexibility index (Phi) is 9.90. The number of nitrogens with zero attached hydrogens (tertiary/aromatic N) is 1. The van der Waals surface area contributed by atoms with Crippen LogP contribution in [0.5, 0.6) is 0 Å². The van der Waals surface area contributed by atoms with E-state index in [1.165, 1.54) is 18.5 Å². The Morgan fingerprint density at radius 3 is 0.935 bits per heavy atom. The topological polar surface area (TPSA) is 3.24 Å². The van der Waals surface area contributed by atoms with Crippen molar-refractivity contribution in [2.45, 2.75) is 50.6 Å². The zero-order valence-corrected chi connectivity index (χ0v) is 24.7. The third kappa shape index (κ3) is 8.04. The lowest BCUT2D eigenvalue weighted by Gasteiger charge is -2.42. The van der Waals surface area contributed by atoms with Crippen molar-refractivity contribution in [1.29, 1.82) is 0 Å². The second-order valence-corrected chi connectivity index (χ2v) is 12.5. The fourth-order valence-corrected chi connectivity index (χ4v) is 7.82. The average molecular weight is 682 g/mol. The van der Waals surface area contributed by atoms with Crippen LogP contribution in [0, 0.1) is 0 Å². The second kappa shape index (κ2) is 12.9. The van der Waals surface area contributed by atoms with E-state index in [2.05, 4.69) is 0 Å². The van der Waals surface area contributed by atoms with Crippen LogP contribution in [-0.2, 0) is 24.7 Å². The van der Waals surface area contributed by atoms with E-state index in [0.717, 1.165) is 0 Å². The molecule has 0 amide bonds. The van der Waals surface area contributed by atoms with Crippen molar-refractivity contribution in [3.8, 4) is 0 Å². The highest BCUT2D eigenvalue weighted by Gasteiger charge is 2.42. The average Bonchev–Trinajstić information content (AvgIpc) is 2.98. The van der Waals surface area contributed by atoms with Gasteiger partial charge in [0.15, 0.2) is 0 Å². The van der Waals surface area contributed by atoms with E-state index in [4.69, 9.17) is 0 Å². The standard InChI is InChI=1S/C32H24F12NP/c1-19(21-9-5-3-6-10-21)45(20(2)22-11-7-4-8-12-22)46(27-15-23(29(33,34)35)13-24(16-27)30(36,37)38)28-17-25(31(39,40)41)14-26(18-28)32(42,43)44/h3-20H,1-2H3/t19-,20-/m0/s1. The highest BCUT2D eigenvalue weighted by molar-refractivity contribution is 7.70. The molecule has 0 radical (unpaired) electrons. The summed E-state index contributed by atoms with van der Waals surface area (Å²) in [6.45, 7) is 3.06. The molecule has 0 aliphatic carbocycles. The van der Waals surface area contributed by atoms with Gasteiger partial charge in [-0.15, -0.1) is 0 Å². The number of rotatable bonds is 7. The first-order valence-electron chi connectivity index (χ1n) is 13.4. The summed E-state index contributed by atoms with van der Waals surface area (Å²) in [7, 11) is -2.96. The van der Waals surface area contributed by atoms with Gasteiger partial charge in [-0.05, 0) is 72.0 Å². The van der Waals surface area contributed by atoms with Gasteiger partial charge in [0.1, 0.15) is 0 Å². The molecule has 0 N–H and O–H groups in total. The first-order valence-corrected chi connectivity index (χ1v) is 14.7. The van der Waals surface area contributed by atoms with Crippen LogP contribution < -0.4 is 10.6 Å². The van der Waals surface area contributed by atoms with E-state index < -0.39 is 77.7 Å². The quantitative estimate of drug-likeness (QED) is 0.139. The number of hydrogen-bond acceptors (Lipinski definition) is 1. The molecule has 46 heavy (non-hydrogen) atoms. The predicted octanol–water partition coefficient (Wildman–Crippen LogP) is 10.9. The van der Waals surface area contributed by atoms with Crippen molar-refractivity contribution in [2.24, 2.45) is 0 Å². The third-order valence-electron chi connectivity index (χ3n) is 7.22. The Labute approximate surface area is 257 Å². The Balaban J connectivity index is 2.17.